The molecule has 1 amide bonds. The summed E-state index contributed by atoms with van der Waals surface area (Å²) in [6.45, 7) is 3.39. The van der Waals surface area contributed by atoms with Crippen LogP contribution in [0.4, 0.5) is 0 Å². The summed E-state index contributed by atoms with van der Waals surface area (Å²) in [5.74, 6) is -0.715. The molecule has 0 bridgehead atoms. The van der Waals surface area contributed by atoms with Crippen LogP contribution in [0.15, 0.2) is 60.7 Å². The molecule has 0 radical (unpaired) electrons. The predicted octanol–water partition coefficient (Wildman–Crippen LogP) is 4.30. The Balaban J connectivity index is 1.62. The van der Waals surface area contributed by atoms with Crippen molar-refractivity contribution in [2.75, 3.05) is 7.11 Å². The van der Waals surface area contributed by atoms with Gasteiger partial charge in [0.25, 0.3) is 0 Å². The predicted molar refractivity (Wildman–Crippen MR) is 129 cm³/mol. The molecule has 0 fully saturated rings. The molecule has 0 aliphatic carbocycles. The van der Waals surface area contributed by atoms with E-state index in [1.54, 1.807) is 48.5 Å². The van der Waals surface area contributed by atoms with Gasteiger partial charge in [-0.1, -0.05) is 12.1 Å². The van der Waals surface area contributed by atoms with Crippen LogP contribution in [-0.2, 0) is 22.6 Å². The van der Waals surface area contributed by atoms with Crippen LogP contribution in [0.2, 0.25) is 0 Å². The Morgan fingerprint density at radius 2 is 1.26 bits per heavy atom. The van der Waals surface area contributed by atoms with Gasteiger partial charge in [-0.2, -0.15) is 0 Å². The molecular formula is C27H24N2O5. The first-order valence-electron chi connectivity index (χ1n) is 10.8. The fraction of sp³-hybridized carbons (Fsp3) is 0.185. The van der Waals surface area contributed by atoms with Gasteiger partial charge in [-0.25, -0.2) is 4.79 Å². The van der Waals surface area contributed by atoms with Gasteiger partial charge in [0.05, 0.1) is 12.7 Å². The number of rotatable bonds is 7. The van der Waals surface area contributed by atoms with Gasteiger partial charge in [0.2, 0.25) is 5.91 Å². The van der Waals surface area contributed by atoms with Gasteiger partial charge >= 0.3 is 5.97 Å². The van der Waals surface area contributed by atoms with E-state index in [-0.39, 0.29) is 24.0 Å². The van der Waals surface area contributed by atoms with E-state index in [1.807, 2.05) is 16.7 Å². The number of ketones is 2. The van der Waals surface area contributed by atoms with Gasteiger partial charge in [-0.3, -0.25) is 14.4 Å². The van der Waals surface area contributed by atoms with Crippen molar-refractivity contribution in [3.63, 3.8) is 0 Å². The van der Waals surface area contributed by atoms with E-state index >= 15 is 0 Å². The van der Waals surface area contributed by atoms with Gasteiger partial charge in [-0.05, 0) is 67.9 Å². The first kappa shape index (κ1) is 22.9. The van der Waals surface area contributed by atoms with Gasteiger partial charge in [0.15, 0.2) is 11.6 Å². The van der Waals surface area contributed by atoms with Crippen LogP contribution in [0.25, 0.3) is 21.8 Å². The van der Waals surface area contributed by atoms with Gasteiger partial charge < -0.3 is 14.6 Å². The fourth-order valence-electron chi connectivity index (χ4n) is 3.99. The van der Waals surface area contributed by atoms with Crippen LogP contribution in [-0.4, -0.2) is 35.1 Å². The summed E-state index contributed by atoms with van der Waals surface area (Å²) in [6.07, 6.45) is 0. The lowest BCUT2D eigenvalue weighted by molar-refractivity contribution is -0.121. The zero-order valence-corrected chi connectivity index (χ0v) is 19.2. The molecule has 0 spiro atoms. The Labute approximate surface area is 196 Å². The van der Waals surface area contributed by atoms with Crippen molar-refractivity contribution in [3.8, 4) is 0 Å². The van der Waals surface area contributed by atoms with Crippen molar-refractivity contribution in [1.82, 2.24) is 9.88 Å². The number of fused-ring (bicyclic) bond motifs is 3. The largest absolute Gasteiger partial charge is 0.465 e. The smallest absolute Gasteiger partial charge is 0.337 e. The van der Waals surface area contributed by atoms with Crippen LogP contribution < -0.4 is 5.32 Å². The van der Waals surface area contributed by atoms with Crippen LogP contribution in [0, 0.1) is 0 Å². The molecule has 0 atom stereocenters. The van der Waals surface area contributed by atoms with E-state index in [2.05, 4.69) is 5.32 Å². The summed E-state index contributed by atoms with van der Waals surface area (Å²) in [4.78, 5) is 48.3. The molecule has 0 saturated carbocycles. The molecule has 34 heavy (non-hydrogen) atoms. The zero-order valence-electron chi connectivity index (χ0n) is 19.2. The molecular weight excluding hydrogens is 432 g/mol. The zero-order chi connectivity index (χ0) is 24.4. The van der Waals surface area contributed by atoms with Crippen LogP contribution in [0.3, 0.4) is 0 Å². The first-order valence-corrected chi connectivity index (χ1v) is 10.8. The Kier molecular flexibility index (Phi) is 6.27. The Bertz CT molecular complexity index is 1380. The van der Waals surface area contributed by atoms with E-state index in [0.29, 0.717) is 23.2 Å². The number of carbonyl (C=O) groups is 4. The lowest BCUT2D eigenvalue weighted by Crippen LogP contribution is -2.27. The molecule has 172 valence electrons. The number of hydrogen-bond donors (Lipinski definition) is 1. The average Bonchev–Trinajstić information content (AvgIpc) is 3.14. The number of ether oxygens (including phenoxy) is 1. The SMILES string of the molecule is COC(=O)c1ccc(CNC(=O)Cn2c3ccc(C(C)=O)cc3c3cc(C(C)=O)ccc32)cc1. The first-order chi connectivity index (χ1) is 16.3. The van der Waals surface area contributed by atoms with Crippen molar-refractivity contribution in [3.05, 3.63) is 82.9 Å². The van der Waals surface area contributed by atoms with E-state index in [1.165, 1.54) is 21.0 Å². The average molecular weight is 456 g/mol. The van der Waals surface area contributed by atoms with Crippen molar-refractivity contribution < 1.29 is 23.9 Å². The van der Waals surface area contributed by atoms with Crippen LogP contribution in [0.1, 0.15) is 50.5 Å². The molecule has 4 rings (SSSR count). The highest BCUT2D eigenvalue weighted by Gasteiger charge is 2.16. The lowest BCUT2D eigenvalue weighted by atomic mass is 10.0. The standard InChI is InChI=1S/C27H24N2O5/c1-16(30)20-8-10-24-22(12-20)23-13-21(17(2)31)9-11-25(23)29(24)15-26(32)28-14-18-4-6-19(7-5-18)27(33)34-3/h4-13H,14-15H2,1-3H3,(H,28,32). The molecule has 7 heteroatoms. The highest BCUT2D eigenvalue weighted by atomic mass is 16.5. The van der Waals surface area contributed by atoms with Crippen molar-refractivity contribution >= 4 is 45.2 Å². The highest BCUT2D eigenvalue weighted by molar-refractivity contribution is 6.13. The fourth-order valence-corrected chi connectivity index (χ4v) is 3.99. The number of carbonyl (C=O) groups excluding carboxylic acids is 4. The second-order valence-electron chi connectivity index (χ2n) is 8.13. The third-order valence-electron chi connectivity index (χ3n) is 5.84. The summed E-state index contributed by atoms with van der Waals surface area (Å²) < 4.78 is 6.58. The number of hydrogen-bond acceptors (Lipinski definition) is 5. The molecule has 1 aromatic heterocycles. The van der Waals surface area contributed by atoms with E-state index in [0.717, 1.165) is 27.4 Å². The monoisotopic (exact) mass is 456 g/mol. The second kappa shape index (κ2) is 9.31. The maximum atomic E-state index is 12.8. The van der Waals surface area contributed by atoms with Gasteiger partial charge in [0.1, 0.15) is 6.54 Å². The number of nitrogens with zero attached hydrogens (tertiary/aromatic N) is 1. The Morgan fingerprint density at radius 1 is 0.765 bits per heavy atom. The minimum Gasteiger partial charge on any atom is -0.465 e. The van der Waals surface area contributed by atoms with Crippen molar-refractivity contribution in [2.45, 2.75) is 26.9 Å². The Morgan fingerprint density at radius 3 is 1.74 bits per heavy atom. The van der Waals surface area contributed by atoms with Gasteiger partial charge in [0, 0.05) is 39.5 Å². The number of nitrogens with one attached hydrogen (secondary N) is 1. The number of methoxy groups -OCH3 is 1. The molecule has 4 aromatic rings. The molecule has 7 nitrogen and oxygen atoms in total. The molecule has 3 aromatic carbocycles. The number of esters is 1. The van der Waals surface area contributed by atoms with Crippen molar-refractivity contribution in [1.29, 1.82) is 0 Å². The molecule has 0 saturated heterocycles. The number of Topliss-reactive ketones (excluding diaryl/α,β-unsaturated/α-hetero) is 2. The topological polar surface area (TPSA) is 94.5 Å². The minimum absolute atomic E-state index is 0.0542. The van der Waals surface area contributed by atoms with E-state index < -0.39 is 5.97 Å². The van der Waals surface area contributed by atoms with Gasteiger partial charge in [-0.15, -0.1) is 0 Å². The highest BCUT2D eigenvalue weighted by Crippen LogP contribution is 2.31. The maximum Gasteiger partial charge on any atom is 0.337 e. The molecule has 1 heterocycles. The summed E-state index contributed by atoms with van der Waals surface area (Å²) in [5, 5.41) is 4.54. The number of aromatic nitrogens is 1. The second-order valence-corrected chi connectivity index (χ2v) is 8.13. The number of amides is 1. The van der Waals surface area contributed by atoms with Crippen LogP contribution in [0.5, 0.6) is 0 Å². The normalized spacial score (nSPS) is 10.9. The summed E-state index contributed by atoms with van der Waals surface area (Å²) in [7, 11) is 1.33. The quantitative estimate of drug-likeness (QED) is 0.330. The number of benzene rings is 3. The molecule has 0 unspecified atom stereocenters. The third-order valence-corrected chi connectivity index (χ3v) is 5.84. The van der Waals surface area contributed by atoms with Crippen molar-refractivity contribution in [2.24, 2.45) is 0 Å². The third kappa shape index (κ3) is 4.45. The maximum absolute atomic E-state index is 12.8. The summed E-state index contributed by atoms with van der Waals surface area (Å²) in [5.41, 5.74) is 4.04. The van der Waals surface area contributed by atoms with Crippen LogP contribution >= 0.6 is 0 Å². The Hall–Kier alpha value is -4.26. The molecule has 0 aliphatic rings. The van der Waals surface area contributed by atoms with E-state index in [9.17, 15) is 19.2 Å². The summed E-state index contributed by atoms with van der Waals surface area (Å²) in [6, 6.07) is 17.6. The lowest BCUT2D eigenvalue weighted by Gasteiger charge is -2.10. The van der Waals surface area contributed by atoms with E-state index in [4.69, 9.17) is 4.74 Å². The molecule has 0 aliphatic heterocycles. The molecule has 1 N–H and O–H groups in total. The minimum atomic E-state index is -0.414. The summed E-state index contributed by atoms with van der Waals surface area (Å²) >= 11 is 0.